The van der Waals surface area contributed by atoms with Crippen LogP contribution in [-0.2, 0) is 126 Å². The summed E-state index contributed by atoms with van der Waals surface area (Å²) in [5.41, 5.74) is 10.7. The Morgan fingerprint density at radius 1 is 0.382 bits per heavy atom. The number of amides is 1. The molecule has 66 heteroatoms. The summed E-state index contributed by atoms with van der Waals surface area (Å²) in [5, 5.41) is 339. The van der Waals surface area contributed by atoms with Gasteiger partial charge >= 0.3 is 29.4 Å². The van der Waals surface area contributed by atoms with Crippen molar-refractivity contribution >= 4 is 35.3 Å². The minimum Gasteiger partial charge on any atom is -0.477 e. The smallest absolute Gasteiger partial charge is 0.477 e. The summed E-state index contributed by atoms with van der Waals surface area (Å²) < 4.78 is 163. The van der Waals surface area contributed by atoms with Gasteiger partial charge in [0.2, 0.25) is 5.91 Å². The molecule has 0 bridgehead atoms. The highest BCUT2D eigenvalue weighted by Gasteiger charge is 2.65. The number of aliphatic hydroxyl groups excluding tert-OH is 28. The second kappa shape index (κ2) is 48.2. The summed E-state index contributed by atoms with van der Waals surface area (Å²) in [6, 6.07) is -1.69. The van der Waals surface area contributed by atoms with E-state index in [9.17, 15) is 191 Å². The van der Waals surface area contributed by atoms with E-state index in [0.717, 1.165) is 6.92 Å². The van der Waals surface area contributed by atoms with Crippen molar-refractivity contribution in [2.24, 2.45) is 11.5 Å². The number of carboxylic acid groups (broad SMARTS) is 1. The SMILES string of the molecule is CC(=O)N[C@H]1[C@H](O[C@H]2[C@@H](O)[C@@H](CO)O[C@H](O[C@@H]3[C@H](O)[C@@H](O)[C@H](O[C@H]4[C@H](O)[C@@H](O)[C@H](O[C@@H]5[C@@H](O[C@@H]6[C@@H](O[C@@H]7[C@H](O)[C@@H](O[C@H]8[C@@H]([C@H](O)CO)O[C@@](O)(C(=O)O)C[C@H]8OP(=O)(O)OP(=O)(O)OCCN)O[C@H]([C@@H](O)CO)[C@H]7O[C@@H]7O[C@H](CO)[C@@H](O)[C@H](O)[C@H]7O)O[C@H]([C@H](CO)OP(=O)(O)OCCN)[C@@H](O)[C@@H]6O)O[C@H]([C@@H](O)CO)[C@@H](O)[C@@H]5O)O[C@@H]4CO)O[C@@H]3CO)[C@@H]2O)O[C@H](CO)[C@H](O)[C@@H]1O. The highest BCUT2D eigenvalue weighted by Crippen LogP contribution is 2.62. The quantitative estimate of drug-likeness (QED) is 0.0252. The van der Waals surface area contributed by atoms with Crippen molar-refractivity contribution in [2.45, 2.75) is 307 Å². The van der Waals surface area contributed by atoms with Crippen LogP contribution in [0.15, 0.2) is 0 Å². The zero-order chi connectivity index (χ0) is 97.5. The Labute approximate surface area is 737 Å². The summed E-state index contributed by atoms with van der Waals surface area (Å²) in [4.78, 5) is 57.0. The first-order valence-corrected chi connectivity index (χ1v) is 44.6. The van der Waals surface area contributed by atoms with Crippen molar-refractivity contribution in [3.05, 3.63) is 0 Å². The third-order valence-electron chi connectivity index (χ3n) is 22.2. The Balaban J connectivity index is 1.07. The summed E-state index contributed by atoms with van der Waals surface area (Å²) in [6.45, 7) is -13.9. The number of phosphoric acid groups is 3. The van der Waals surface area contributed by atoms with Crippen LogP contribution < -0.4 is 16.8 Å². The van der Waals surface area contributed by atoms with Gasteiger partial charge in [-0.1, -0.05) is 0 Å². The molecule has 0 aromatic heterocycles. The van der Waals surface area contributed by atoms with E-state index in [2.05, 4.69) is 14.2 Å². The Morgan fingerprint density at radius 2 is 0.748 bits per heavy atom. The number of carbonyl (C=O) groups excluding carboxylic acids is 1. The average Bonchev–Trinajstić information content (AvgIpc) is 0.746. The second-order valence-electron chi connectivity index (χ2n) is 31.2. The number of hydrogen-bond donors (Lipinski definition) is 36. The molecule has 0 aliphatic carbocycles. The van der Waals surface area contributed by atoms with Crippen molar-refractivity contribution < 1.29 is 294 Å². The third kappa shape index (κ3) is 26.0. The van der Waals surface area contributed by atoms with Gasteiger partial charge in [-0.15, -0.1) is 0 Å². The first kappa shape index (κ1) is 112. The van der Waals surface area contributed by atoms with Gasteiger partial charge in [-0.2, -0.15) is 4.31 Å². The van der Waals surface area contributed by atoms with Crippen LogP contribution in [0, 0.1) is 0 Å². The minimum atomic E-state index is -6.37. The van der Waals surface area contributed by atoms with Gasteiger partial charge in [0, 0.05) is 26.4 Å². The van der Waals surface area contributed by atoms with E-state index in [-0.39, 0.29) is 0 Å². The Morgan fingerprint density at radius 3 is 1.23 bits per heavy atom. The zero-order valence-electron chi connectivity index (χ0n) is 68.3. The molecular formula is C65H116N3O60P3. The van der Waals surface area contributed by atoms with Gasteiger partial charge in [-0.25, -0.2) is 18.5 Å². The molecule has 1 amide bonds. The number of phosphoric ester groups is 3. The fraction of sp³-hybridized carbons (Fsp3) is 0.969. The molecule has 131 heavy (non-hydrogen) atoms. The number of ether oxygens (including phenoxy) is 17. The van der Waals surface area contributed by atoms with Crippen LogP contribution in [0.2, 0.25) is 0 Å². The fourth-order valence-electron chi connectivity index (χ4n) is 15.5. The molecule has 9 fully saturated rings. The van der Waals surface area contributed by atoms with E-state index in [1.807, 2.05) is 0 Å². The largest absolute Gasteiger partial charge is 0.481 e. The molecule has 0 aromatic carbocycles. The predicted octanol–water partition coefficient (Wildman–Crippen LogP) is -22.2. The zero-order valence-corrected chi connectivity index (χ0v) is 71.0. The van der Waals surface area contributed by atoms with Gasteiger partial charge in [-0.05, 0) is 0 Å². The highest BCUT2D eigenvalue weighted by atomic mass is 31.3. The summed E-state index contributed by atoms with van der Waals surface area (Å²) >= 11 is 0. The van der Waals surface area contributed by atoms with Crippen LogP contribution in [0.5, 0.6) is 0 Å². The molecule has 766 valence electrons. The van der Waals surface area contributed by atoms with Gasteiger partial charge in [-0.3, -0.25) is 22.9 Å². The maximum absolute atomic E-state index is 13.7. The van der Waals surface area contributed by atoms with Gasteiger partial charge in [0.15, 0.2) is 50.3 Å². The molecule has 0 radical (unpaired) electrons. The first-order valence-electron chi connectivity index (χ1n) is 40.1. The maximum atomic E-state index is 13.7. The minimum absolute atomic E-state index is 0.511. The van der Waals surface area contributed by atoms with E-state index < -0.39 is 422 Å². The van der Waals surface area contributed by atoms with E-state index >= 15 is 0 Å². The lowest BCUT2D eigenvalue weighted by Gasteiger charge is -2.52. The number of nitrogens with two attached hydrogens (primary N) is 2. The number of aliphatic carboxylic acids is 1. The molecule has 0 aromatic rings. The number of nitrogens with one attached hydrogen (secondary N) is 1. The molecule has 9 aliphatic rings. The van der Waals surface area contributed by atoms with Crippen LogP contribution in [0.4, 0.5) is 0 Å². The molecule has 9 aliphatic heterocycles. The Bertz CT molecular complexity index is 3670. The van der Waals surface area contributed by atoms with Crippen LogP contribution in [0.3, 0.4) is 0 Å². The number of hydrogen-bond acceptors (Lipinski definition) is 58. The maximum Gasteiger partial charge on any atom is 0.481 e. The number of carbonyl (C=O) groups is 2. The van der Waals surface area contributed by atoms with E-state index in [1.165, 1.54) is 0 Å². The lowest BCUT2D eigenvalue weighted by atomic mass is 9.91. The van der Waals surface area contributed by atoms with Crippen LogP contribution in [0.1, 0.15) is 13.3 Å². The Kier molecular flexibility index (Phi) is 41.2. The molecule has 38 N–H and O–H groups in total. The molecule has 63 nitrogen and oxygen atoms in total. The van der Waals surface area contributed by atoms with Crippen LogP contribution in [0.25, 0.3) is 0 Å². The van der Waals surface area contributed by atoms with Crippen molar-refractivity contribution in [3.63, 3.8) is 0 Å². The molecule has 9 heterocycles. The number of carboxylic acids is 1. The van der Waals surface area contributed by atoms with E-state index in [0.29, 0.717) is 0 Å². The van der Waals surface area contributed by atoms with Crippen molar-refractivity contribution in [1.29, 1.82) is 0 Å². The summed E-state index contributed by atoms with van der Waals surface area (Å²) in [7, 11) is -17.8. The van der Waals surface area contributed by atoms with Gasteiger partial charge in [0.05, 0.1) is 72.7 Å². The van der Waals surface area contributed by atoms with Crippen molar-refractivity contribution in [2.75, 3.05) is 85.8 Å². The monoisotopic (exact) mass is 1990 g/mol. The molecule has 9 saturated heterocycles. The molecule has 51 atom stereocenters. The van der Waals surface area contributed by atoms with Gasteiger partial charge < -0.3 is 265 Å². The lowest BCUT2D eigenvalue weighted by molar-refractivity contribution is -0.421. The molecular weight excluding hydrogens is 1880 g/mol. The first-order chi connectivity index (χ1) is 61.5. The normalized spacial score (nSPS) is 46.2. The van der Waals surface area contributed by atoms with Gasteiger partial charge in [0.25, 0.3) is 5.79 Å². The fourth-order valence-corrected chi connectivity index (χ4v) is 18.7. The predicted molar refractivity (Wildman–Crippen MR) is 396 cm³/mol. The summed E-state index contributed by atoms with van der Waals surface area (Å²) in [5.74, 6) is -7.03. The van der Waals surface area contributed by atoms with E-state index in [1.54, 1.807) is 0 Å². The van der Waals surface area contributed by atoms with Crippen LogP contribution >= 0.6 is 23.5 Å². The molecule has 0 saturated carbocycles. The number of rotatable bonds is 43. The lowest BCUT2D eigenvalue weighted by Crippen LogP contribution is -2.71. The summed E-state index contributed by atoms with van der Waals surface area (Å²) in [6.07, 6.45) is -116. The van der Waals surface area contributed by atoms with Crippen LogP contribution in [-0.4, -0.2) is 560 Å². The van der Waals surface area contributed by atoms with E-state index in [4.69, 9.17) is 106 Å². The standard InChI is InChI=1S/C65H116N3O60P3/c1-16(78)68-27-31(85)28(82)21(10-72)109-56(27)120-51-30(84)23(12-74)111-60(42(51)96)117-48-25(14-76)112-58(40(94)37(48)91)116-47-24(13-75)113-59(41(95)38(47)92)122-53-35(89)33(87)44(17(79)7-69)114-62(53)123-54-36(90)34(88)49(26(15-77)127-129(101,102)107-4-2-66)118-63(54)121-52-43(97)61(115-45(18(80)8-70)55(52)124-57-39(93)32(86)29(83)22(11-73)110-57)119-50-20(126-131(105,106)128-130(103,104)108-5-3-67)6-65(100,64(98)99)125-46(50)19(81)9-71/h17-63,69-77,79-97,100H,2-15,66-67H2,1H3,(H,68,78)(H,98,99)(H,101,102)(H,103,104)(H,105,106)/t17-,18-,19+,20+,21+,22+,23+,24+,25+,26-,27+,28-,29+,30-,31+,32-,33-,34-,35-,36-,37+,38+,39+,40+,41+,42+,43-,44+,45+,46+,47+,48-,49+,50+,51-,52+,53-,54-,55+,56-,57-,58-,59-,60+,61+,62+,63+,65+/m0/s1. The number of aliphatic hydroxyl groups is 29. The molecule has 3 unspecified atom stereocenters. The van der Waals surface area contributed by atoms with Crippen molar-refractivity contribution in [1.82, 2.24) is 5.32 Å². The topological polar surface area (TPSA) is 1020 Å². The average molecular weight is 1990 g/mol. The molecule has 0 spiro atoms. The molecule has 9 rings (SSSR count). The Hall–Kier alpha value is -2.61. The third-order valence-corrected chi connectivity index (χ3v) is 25.9. The van der Waals surface area contributed by atoms with Crippen molar-refractivity contribution in [3.8, 4) is 0 Å². The second-order valence-corrected chi connectivity index (χ2v) is 35.6. The highest BCUT2D eigenvalue weighted by molar-refractivity contribution is 7.61. The van der Waals surface area contributed by atoms with Gasteiger partial charge in [0.1, 0.15) is 238 Å².